The zero-order valence-corrected chi connectivity index (χ0v) is 24.5. The van der Waals surface area contributed by atoms with Crippen LogP contribution in [0.4, 0.5) is 13.2 Å². The number of carboxylic acid groups (broad SMARTS) is 1. The summed E-state index contributed by atoms with van der Waals surface area (Å²) in [6, 6.07) is 11.3. The van der Waals surface area contributed by atoms with E-state index in [0.29, 0.717) is 12.5 Å². The zero-order valence-electron chi connectivity index (χ0n) is 23.7. The number of halogens is 3. The average Bonchev–Trinajstić information content (AvgIpc) is 2.92. The van der Waals surface area contributed by atoms with Gasteiger partial charge in [-0.2, -0.15) is 4.31 Å². The first-order valence-corrected chi connectivity index (χ1v) is 14.7. The van der Waals surface area contributed by atoms with Crippen molar-refractivity contribution in [3.8, 4) is 5.75 Å². The van der Waals surface area contributed by atoms with Gasteiger partial charge < -0.3 is 20.1 Å². The van der Waals surface area contributed by atoms with E-state index < -0.39 is 28.1 Å². The van der Waals surface area contributed by atoms with Crippen LogP contribution in [0.1, 0.15) is 56.2 Å². The van der Waals surface area contributed by atoms with Gasteiger partial charge in [0.15, 0.2) is 0 Å². The number of sulfonamides is 1. The molecule has 1 heterocycles. The van der Waals surface area contributed by atoms with Crippen LogP contribution >= 0.6 is 0 Å². The molecule has 1 aliphatic heterocycles. The second-order valence-electron chi connectivity index (χ2n) is 9.87. The number of alkyl halides is 3. The molecule has 2 aromatic rings. The molecule has 0 saturated carbocycles. The van der Waals surface area contributed by atoms with Crippen LogP contribution in [0.3, 0.4) is 0 Å². The van der Waals surface area contributed by atoms with Gasteiger partial charge in [-0.3, -0.25) is 14.4 Å². The number of carboxylic acids is 1. The Bertz CT molecular complexity index is 1310. The van der Waals surface area contributed by atoms with E-state index in [0.717, 1.165) is 34.5 Å². The van der Waals surface area contributed by atoms with E-state index >= 15 is 0 Å². The van der Waals surface area contributed by atoms with E-state index in [9.17, 15) is 36.0 Å². The number of carbonyl (C=O) groups excluding carboxylic acids is 2. The summed E-state index contributed by atoms with van der Waals surface area (Å²) in [7, 11) is -3.99. The summed E-state index contributed by atoms with van der Waals surface area (Å²) in [6.45, 7) is 6.89. The number of nitrogens with one attached hydrogen (secondary N) is 1. The van der Waals surface area contributed by atoms with E-state index in [2.05, 4.69) is 36.0 Å². The van der Waals surface area contributed by atoms with Crippen LogP contribution in [0.15, 0.2) is 47.4 Å². The Morgan fingerprint density at radius 1 is 1.07 bits per heavy atom. The Hall–Kier alpha value is -3.65. The van der Waals surface area contributed by atoms with Crippen LogP contribution in [0.25, 0.3) is 0 Å². The Kier molecular flexibility index (Phi) is 12.8. The molecule has 1 aliphatic rings. The maximum absolute atomic E-state index is 12.9. The van der Waals surface area contributed by atoms with E-state index in [4.69, 9.17) is 5.11 Å². The SMILES string of the molecule is CC(=O)N1CCN(S(=O)(=O)c2ccc(OC(F)(F)F)c(CCCC(=O)O)c2)CC1.CC(C)c1ccc(CNC=O)cc1. The molecule has 2 N–H and O–H groups in total. The summed E-state index contributed by atoms with van der Waals surface area (Å²) >= 11 is 0. The zero-order chi connectivity index (χ0) is 31.5. The number of carbonyl (C=O) groups is 3. The van der Waals surface area contributed by atoms with Crippen molar-refractivity contribution in [2.24, 2.45) is 0 Å². The van der Waals surface area contributed by atoms with Crippen molar-refractivity contribution in [3.05, 3.63) is 59.2 Å². The molecule has 2 aromatic carbocycles. The molecule has 0 spiro atoms. The average molecular weight is 616 g/mol. The van der Waals surface area contributed by atoms with Crippen molar-refractivity contribution in [2.45, 2.75) is 63.8 Å². The molecule has 0 aromatic heterocycles. The van der Waals surface area contributed by atoms with Gasteiger partial charge in [0.05, 0.1) is 4.90 Å². The smallest absolute Gasteiger partial charge is 0.481 e. The molecule has 10 nitrogen and oxygen atoms in total. The van der Waals surface area contributed by atoms with Crippen LogP contribution in [0.2, 0.25) is 0 Å². The molecule has 0 radical (unpaired) electrons. The first-order chi connectivity index (χ1) is 19.6. The molecule has 42 heavy (non-hydrogen) atoms. The van der Waals surface area contributed by atoms with Gasteiger partial charge in [-0.15, -0.1) is 13.2 Å². The molecule has 1 fully saturated rings. The van der Waals surface area contributed by atoms with Crippen molar-refractivity contribution in [3.63, 3.8) is 0 Å². The number of amides is 2. The predicted molar refractivity (Wildman–Crippen MR) is 148 cm³/mol. The number of rotatable bonds is 11. The number of piperazine rings is 1. The normalized spacial score (nSPS) is 14.1. The van der Waals surface area contributed by atoms with Crippen LogP contribution in [-0.2, 0) is 37.4 Å². The van der Waals surface area contributed by atoms with E-state index in [1.807, 2.05) is 12.1 Å². The lowest BCUT2D eigenvalue weighted by atomic mass is 10.0. The third-order valence-electron chi connectivity index (χ3n) is 6.45. The maximum Gasteiger partial charge on any atom is 0.573 e. The molecule has 3 rings (SSSR count). The highest BCUT2D eigenvalue weighted by Gasteiger charge is 2.34. The van der Waals surface area contributed by atoms with Crippen molar-refractivity contribution in [2.75, 3.05) is 26.2 Å². The number of nitrogens with zero attached hydrogens (tertiary/aromatic N) is 2. The lowest BCUT2D eigenvalue weighted by Gasteiger charge is -2.33. The summed E-state index contributed by atoms with van der Waals surface area (Å²) in [6.07, 6.45) is -4.61. The van der Waals surface area contributed by atoms with Gasteiger partial charge in [-0.25, -0.2) is 8.42 Å². The second-order valence-corrected chi connectivity index (χ2v) is 11.8. The molecular weight excluding hydrogens is 579 g/mol. The second kappa shape index (κ2) is 15.5. The monoisotopic (exact) mass is 615 g/mol. The first kappa shape index (κ1) is 34.6. The molecule has 0 aliphatic carbocycles. The van der Waals surface area contributed by atoms with Crippen molar-refractivity contribution < 1.29 is 45.8 Å². The predicted octanol–water partition coefficient (Wildman–Crippen LogP) is 3.90. The number of hydrogen-bond donors (Lipinski definition) is 2. The number of aliphatic carboxylic acids is 1. The Morgan fingerprint density at radius 3 is 2.19 bits per heavy atom. The summed E-state index contributed by atoms with van der Waals surface area (Å²) < 4.78 is 68.7. The van der Waals surface area contributed by atoms with Crippen molar-refractivity contribution >= 4 is 28.3 Å². The topological polar surface area (TPSA) is 133 Å². The van der Waals surface area contributed by atoms with Crippen LogP contribution in [0, 0.1) is 0 Å². The van der Waals surface area contributed by atoms with E-state index in [1.54, 1.807) is 0 Å². The number of hydrogen-bond acceptors (Lipinski definition) is 6. The summed E-state index contributed by atoms with van der Waals surface area (Å²) in [5, 5.41) is 11.4. The van der Waals surface area contributed by atoms with E-state index in [-0.39, 0.29) is 61.8 Å². The lowest BCUT2D eigenvalue weighted by molar-refractivity contribution is -0.274. The molecule has 1 saturated heterocycles. The minimum atomic E-state index is -4.97. The minimum absolute atomic E-state index is 0.0182. The molecular formula is C28H36F3N3O7S. The van der Waals surface area contributed by atoms with Gasteiger partial charge >= 0.3 is 12.3 Å². The summed E-state index contributed by atoms with van der Waals surface area (Å²) in [5.41, 5.74) is 2.42. The van der Waals surface area contributed by atoms with Crippen LogP contribution < -0.4 is 10.1 Å². The fourth-order valence-corrected chi connectivity index (χ4v) is 5.61. The van der Waals surface area contributed by atoms with Crippen molar-refractivity contribution in [1.82, 2.24) is 14.5 Å². The highest BCUT2D eigenvalue weighted by molar-refractivity contribution is 7.89. The largest absolute Gasteiger partial charge is 0.573 e. The van der Waals surface area contributed by atoms with E-state index in [1.165, 1.54) is 17.4 Å². The molecule has 2 amide bonds. The highest BCUT2D eigenvalue weighted by atomic mass is 32.2. The van der Waals surface area contributed by atoms with Crippen LogP contribution in [-0.4, -0.2) is 73.6 Å². The minimum Gasteiger partial charge on any atom is -0.481 e. The highest BCUT2D eigenvalue weighted by Crippen LogP contribution is 2.31. The van der Waals surface area contributed by atoms with Gasteiger partial charge in [0.25, 0.3) is 0 Å². The molecule has 0 unspecified atom stereocenters. The number of benzene rings is 2. The standard InChI is InChI=1S/C17H21F3N2O6S.C11H15NO/c1-12(23)21-7-9-22(10-8-21)29(26,27)14-5-6-15(28-17(18,19)20)13(11-14)3-2-4-16(24)25;1-9(2)11-5-3-10(4-6-11)7-12-8-13/h5-6,11H,2-4,7-10H2,1H3,(H,24,25);3-6,8-9H,7H2,1-2H3,(H,12,13). The quantitative estimate of drug-likeness (QED) is 0.367. The number of aryl methyl sites for hydroxylation is 1. The molecule has 0 atom stereocenters. The Morgan fingerprint density at radius 2 is 1.69 bits per heavy atom. The lowest BCUT2D eigenvalue weighted by Crippen LogP contribution is -2.49. The van der Waals surface area contributed by atoms with Gasteiger partial charge in [0, 0.05) is 46.1 Å². The molecule has 0 bridgehead atoms. The van der Waals surface area contributed by atoms with Gasteiger partial charge in [-0.1, -0.05) is 38.1 Å². The van der Waals surface area contributed by atoms with Crippen LogP contribution in [0.5, 0.6) is 5.75 Å². The summed E-state index contributed by atoms with van der Waals surface area (Å²) in [5.74, 6) is -1.29. The third-order valence-corrected chi connectivity index (χ3v) is 8.35. The molecule has 14 heteroatoms. The molecule has 232 valence electrons. The fourth-order valence-electron chi connectivity index (χ4n) is 4.14. The summed E-state index contributed by atoms with van der Waals surface area (Å²) in [4.78, 5) is 33.4. The van der Waals surface area contributed by atoms with Gasteiger partial charge in [0.2, 0.25) is 22.3 Å². The van der Waals surface area contributed by atoms with Gasteiger partial charge in [0.1, 0.15) is 5.75 Å². The van der Waals surface area contributed by atoms with Crippen molar-refractivity contribution in [1.29, 1.82) is 0 Å². The number of ether oxygens (including phenoxy) is 1. The van der Waals surface area contributed by atoms with Gasteiger partial charge in [-0.05, 0) is 53.6 Å². The fraction of sp³-hybridized carbons (Fsp3) is 0.464. The Labute approximate surface area is 243 Å². The first-order valence-electron chi connectivity index (χ1n) is 13.3. The third kappa shape index (κ3) is 11.0. The maximum atomic E-state index is 12.9. The Balaban J connectivity index is 0.000000395.